The molecule has 0 heterocycles. The Morgan fingerprint density at radius 2 is 1.96 bits per heavy atom. The zero-order valence-corrected chi connectivity index (χ0v) is 14.8. The normalized spacial score (nSPS) is 11.0. The van der Waals surface area contributed by atoms with Crippen LogP contribution in [0.25, 0.3) is 0 Å². The van der Waals surface area contributed by atoms with Crippen molar-refractivity contribution in [3.63, 3.8) is 0 Å². The van der Waals surface area contributed by atoms with Crippen LogP contribution in [-0.2, 0) is 0 Å². The summed E-state index contributed by atoms with van der Waals surface area (Å²) in [7, 11) is 1.51. The third kappa shape index (κ3) is 5.19. The summed E-state index contributed by atoms with van der Waals surface area (Å²) in [6, 6.07) is 8.50. The highest BCUT2D eigenvalue weighted by atomic mass is 35.5. The highest BCUT2D eigenvalue weighted by Crippen LogP contribution is 2.36. The maximum atomic E-state index is 12.8. The van der Waals surface area contributed by atoms with Gasteiger partial charge in [-0.05, 0) is 55.8 Å². The molecule has 0 spiro atoms. The lowest BCUT2D eigenvalue weighted by molar-refractivity contribution is 0.0955. The van der Waals surface area contributed by atoms with Gasteiger partial charge in [0.25, 0.3) is 5.91 Å². The molecule has 0 atom stereocenters. The monoisotopic (exact) mass is 364 g/mol. The van der Waals surface area contributed by atoms with E-state index in [-0.39, 0.29) is 6.10 Å². The second-order valence-corrected chi connectivity index (χ2v) is 5.81. The van der Waals surface area contributed by atoms with Gasteiger partial charge in [-0.1, -0.05) is 11.6 Å². The molecule has 5 nitrogen and oxygen atoms in total. The van der Waals surface area contributed by atoms with Crippen LogP contribution < -0.4 is 14.9 Å². The SMILES string of the molecule is COc1cc(/C=N\NC(=O)c2ccc(F)cc2)cc(Cl)c1OC(C)C. The van der Waals surface area contributed by atoms with Crippen molar-refractivity contribution < 1.29 is 18.7 Å². The lowest BCUT2D eigenvalue weighted by Gasteiger charge is -2.15. The van der Waals surface area contributed by atoms with Crippen molar-refractivity contribution in [3.05, 3.63) is 58.4 Å². The minimum atomic E-state index is -0.450. The highest BCUT2D eigenvalue weighted by Gasteiger charge is 2.13. The summed E-state index contributed by atoms with van der Waals surface area (Å²) in [6.45, 7) is 3.77. The number of hydrazone groups is 1. The van der Waals surface area contributed by atoms with E-state index in [1.807, 2.05) is 13.8 Å². The first-order valence-corrected chi connectivity index (χ1v) is 7.91. The minimum absolute atomic E-state index is 0.0547. The van der Waals surface area contributed by atoms with Crippen molar-refractivity contribution >= 4 is 23.7 Å². The summed E-state index contributed by atoms with van der Waals surface area (Å²) in [5, 5.41) is 4.25. The number of nitrogens with one attached hydrogen (secondary N) is 1. The van der Waals surface area contributed by atoms with Gasteiger partial charge in [-0.15, -0.1) is 0 Å². The first-order chi connectivity index (χ1) is 11.9. The van der Waals surface area contributed by atoms with Crippen LogP contribution in [0.2, 0.25) is 5.02 Å². The Morgan fingerprint density at radius 1 is 1.28 bits per heavy atom. The lowest BCUT2D eigenvalue weighted by Crippen LogP contribution is -2.17. The van der Waals surface area contributed by atoms with Crippen molar-refractivity contribution in [2.24, 2.45) is 5.10 Å². The molecule has 0 aliphatic carbocycles. The van der Waals surface area contributed by atoms with Crippen LogP contribution in [0.1, 0.15) is 29.8 Å². The molecule has 0 saturated heterocycles. The molecule has 2 aromatic rings. The molecule has 0 bridgehead atoms. The molecule has 1 N–H and O–H groups in total. The van der Waals surface area contributed by atoms with Gasteiger partial charge in [-0.25, -0.2) is 9.82 Å². The summed E-state index contributed by atoms with van der Waals surface area (Å²) in [6.07, 6.45) is 1.37. The lowest BCUT2D eigenvalue weighted by atomic mass is 10.2. The van der Waals surface area contributed by atoms with Gasteiger partial charge in [0.2, 0.25) is 0 Å². The van der Waals surface area contributed by atoms with E-state index in [4.69, 9.17) is 21.1 Å². The van der Waals surface area contributed by atoms with Crippen LogP contribution in [0.5, 0.6) is 11.5 Å². The Balaban J connectivity index is 2.11. The Kier molecular flexibility index (Phi) is 6.36. The zero-order valence-electron chi connectivity index (χ0n) is 14.0. The van der Waals surface area contributed by atoms with Gasteiger partial charge in [0.15, 0.2) is 11.5 Å². The fourth-order valence-corrected chi connectivity index (χ4v) is 2.26. The number of methoxy groups -OCH3 is 1. The van der Waals surface area contributed by atoms with Crippen LogP contribution >= 0.6 is 11.6 Å². The third-order valence-corrected chi connectivity index (χ3v) is 3.37. The summed E-state index contributed by atoms with van der Waals surface area (Å²) >= 11 is 6.22. The van der Waals surface area contributed by atoms with Crippen molar-refractivity contribution in [2.75, 3.05) is 7.11 Å². The number of carbonyl (C=O) groups excluding carboxylic acids is 1. The third-order valence-electron chi connectivity index (χ3n) is 3.09. The fourth-order valence-electron chi connectivity index (χ4n) is 2.00. The summed E-state index contributed by atoms with van der Waals surface area (Å²) in [4.78, 5) is 11.9. The molecule has 0 saturated carbocycles. The van der Waals surface area contributed by atoms with Crippen LogP contribution in [0.3, 0.4) is 0 Å². The van der Waals surface area contributed by atoms with Gasteiger partial charge >= 0.3 is 0 Å². The zero-order chi connectivity index (χ0) is 18.4. The molecule has 7 heteroatoms. The minimum Gasteiger partial charge on any atom is -0.493 e. The number of hydrogen-bond donors (Lipinski definition) is 1. The summed E-state index contributed by atoms with van der Waals surface area (Å²) in [5.74, 6) is 0.0544. The Bertz CT molecular complexity index is 777. The number of halogens is 2. The maximum Gasteiger partial charge on any atom is 0.271 e. The molecule has 0 aliphatic heterocycles. The van der Waals surface area contributed by atoms with E-state index < -0.39 is 11.7 Å². The van der Waals surface area contributed by atoms with Gasteiger partial charge in [-0.3, -0.25) is 4.79 Å². The van der Waals surface area contributed by atoms with Crippen molar-refractivity contribution in [2.45, 2.75) is 20.0 Å². The molecule has 1 amide bonds. The molecular weight excluding hydrogens is 347 g/mol. The van der Waals surface area contributed by atoms with E-state index in [1.165, 1.54) is 37.6 Å². The number of amides is 1. The van der Waals surface area contributed by atoms with Crippen LogP contribution in [0, 0.1) is 5.82 Å². The van der Waals surface area contributed by atoms with E-state index in [0.717, 1.165) is 0 Å². The second kappa shape index (κ2) is 8.48. The van der Waals surface area contributed by atoms with Crippen LogP contribution in [0.15, 0.2) is 41.5 Å². The average molecular weight is 365 g/mol. The topological polar surface area (TPSA) is 59.9 Å². The van der Waals surface area contributed by atoms with E-state index in [0.29, 0.717) is 27.6 Å². The molecule has 0 fully saturated rings. The van der Waals surface area contributed by atoms with Crippen molar-refractivity contribution in [3.8, 4) is 11.5 Å². The number of nitrogens with zero attached hydrogens (tertiary/aromatic N) is 1. The van der Waals surface area contributed by atoms with Crippen molar-refractivity contribution in [1.82, 2.24) is 5.43 Å². The van der Waals surface area contributed by atoms with Crippen LogP contribution in [-0.4, -0.2) is 25.3 Å². The van der Waals surface area contributed by atoms with Crippen LogP contribution in [0.4, 0.5) is 4.39 Å². The average Bonchev–Trinajstić information content (AvgIpc) is 2.57. The molecule has 0 aromatic heterocycles. The number of carbonyl (C=O) groups is 1. The summed E-state index contributed by atoms with van der Waals surface area (Å²) < 4.78 is 23.8. The molecule has 132 valence electrons. The second-order valence-electron chi connectivity index (χ2n) is 5.41. The maximum absolute atomic E-state index is 12.8. The van der Waals surface area contributed by atoms with Gasteiger partial charge in [0.1, 0.15) is 5.82 Å². The van der Waals surface area contributed by atoms with E-state index in [9.17, 15) is 9.18 Å². The molecular formula is C18H18ClFN2O3. The first-order valence-electron chi connectivity index (χ1n) is 7.54. The Hall–Kier alpha value is -2.60. The van der Waals surface area contributed by atoms with Gasteiger partial charge in [0, 0.05) is 5.56 Å². The smallest absolute Gasteiger partial charge is 0.271 e. The molecule has 0 radical (unpaired) electrons. The highest BCUT2D eigenvalue weighted by molar-refractivity contribution is 6.32. The van der Waals surface area contributed by atoms with E-state index in [2.05, 4.69) is 10.5 Å². The quantitative estimate of drug-likeness (QED) is 0.621. The van der Waals surface area contributed by atoms with Gasteiger partial charge in [-0.2, -0.15) is 5.10 Å². The number of rotatable bonds is 6. The Morgan fingerprint density at radius 3 is 2.56 bits per heavy atom. The van der Waals surface area contributed by atoms with E-state index >= 15 is 0 Å². The first kappa shape index (κ1) is 18.7. The Labute approximate surface area is 150 Å². The number of ether oxygens (including phenoxy) is 2. The van der Waals surface area contributed by atoms with Gasteiger partial charge in [0.05, 0.1) is 24.5 Å². The molecule has 0 unspecified atom stereocenters. The number of hydrogen-bond acceptors (Lipinski definition) is 4. The van der Waals surface area contributed by atoms with Crippen molar-refractivity contribution in [1.29, 1.82) is 0 Å². The predicted octanol–water partition coefficient (Wildman–Crippen LogP) is 4.04. The standard InChI is InChI=1S/C18H18ClFN2O3/c1-11(2)25-17-15(19)8-12(9-16(17)24-3)10-21-22-18(23)13-4-6-14(20)7-5-13/h4-11H,1-3H3,(H,22,23)/b21-10-. The summed E-state index contributed by atoms with van der Waals surface area (Å²) in [5.41, 5.74) is 3.29. The molecule has 25 heavy (non-hydrogen) atoms. The van der Waals surface area contributed by atoms with E-state index in [1.54, 1.807) is 12.1 Å². The molecule has 0 aliphatic rings. The predicted molar refractivity (Wildman–Crippen MR) is 95.2 cm³/mol. The molecule has 2 aromatic carbocycles. The number of benzene rings is 2. The fraction of sp³-hybridized carbons (Fsp3) is 0.222. The van der Waals surface area contributed by atoms with Gasteiger partial charge < -0.3 is 9.47 Å². The largest absolute Gasteiger partial charge is 0.493 e. The molecule has 2 rings (SSSR count).